The van der Waals surface area contributed by atoms with Crippen molar-refractivity contribution < 1.29 is 17.9 Å². The molecule has 1 aromatic rings. The lowest BCUT2D eigenvalue weighted by Gasteiger charge is -2.33. The van der Waals surface area contributed by atoms with Gasteiger partial charge in [0.15, 0.2) is 0 Å². The Balaban J connectivity index is 2.24. The lowest BCUT2D eigenvalue weighted by Crippen LogP contribution is -2.47. The van der Waals surface area contributed by atoms with Gasteiger partial charge in [-0.25, -0.2) is 13.1 Å². The summed E-state index contributed by atoms with van der Waals surface area (Å²) in [7, 11) is -3.52. The van der Waals surface area contributed by atoms with E-state index in [9.17, 15) is 8.42 Å². The van der Waals surface area contributed by atoms with Crippen LogP contribution in [0.5, 0.6) is 0 Å². The van der Waals surface area contributed by atoms with E-state index in [2.05, 4.69) is 4.72 Å². The van der Waals surface area contributed by atoms with Crippen LogP contribution in [0.1, 0.15) is 5.56 Å². The summed E-state index contributed by atoms with van der Waals surface area (Å²) in [6.45, 7) is 0.984. The van der Waals surface area contributed by atoms with Crippen LogP contribution in [0.3, 0.4) is 0 Å². The molecule has 3 rings (SSSR count). The lowest BCUT2D eigenvalue weighted by molar-refractivity contribution is -0.162. The molecule has 1 saturated heterocycles. The Bertz CT molecular complexity index is 566. The van der Waals surface area contributed by atoms with E-state index in [1.165, 1.54) is 6.07 Å². The minimum atomic E-state index is -3.52. The van der Waals surface area contributed by atoms with Gasteiger partial charge in [-0.05, 0) is 12.1 Å². The Kier molecular flexibility index (Phi) is 2.46. The molecule has 0 atom stereocenters. The Morgan fingerprint density at radius 2 is 2.00 bits per heavy atom. The van der Waals surface area contributed by atoms with Gasteiger partial charge in [0, 0.05) is 10.6 Å². The van der Waals surface area contributed by atoms with Gasteiger partial charge in [-0.3, -0.25) is 0 Å². The van der Waals surface area contributed by atoms with Crippen LogP contribution in [-0.2, 0) is 25.3 Å². The number of hydrogen-bond acceptors (Lipinski definition) is 4. The van der Waals surface area contributed by atoms with Gasteiger partial charge in [-0.15, -0.1) is 0 Å². The molecule has 0 aliphatic carbocycles. The monoisotopic (exact) mass is 275 g/mol. The fraction of sp³-hybridized carbons (Fsp3) is 0.400. The molecule has 1 spiro atoms. The molecule has 92 valence electrons. The fourth-order valence-electron chi connectivity index (χ4n) is 2.11. The smallest absolute Gasteiger partial charge is 0.241 e. The van der Waals surface area contributed by atoms with Gasteiger partial charge in [0.1, 0.15) is 0 Å². The zero-order valence-corrected chi connectivity index (χ0v) is 10.3. The molecule has 0 radical (unpaired) electrons. The molecule has 0 aromatic heterocycles. The Hall–Kier alpha value is -0.660. The molecule has 1 fully saturated rings. The SMILES string of the molecule is O=S1(=O)NCC2(OCCO2)c2ccc(Cl)cc21. The summed E-state index contributed by atoms with van der Waals surface area (Å²) in [6, 6.07) is 4.68. The van der Waals surface area contributed by atoms with Gasteiger partial charge in [0.05, 0.1) is 24.7 Å². The molecule has 0 bridgehead atoms. The summed E-state index contributed by atoms with van der Waals surface area (Å²) in [6.07, 6.45) is 0. The third-order valence-corrected chi connectivity index (χ3v) is 4.57. The van der Waals surface area contributed by atoms with Crippen molar-refractivity contribution in [1.82, 2.24) is 4.72 Å². The third-order valence-electron chi connectivity index (χ3n) is 2.89. The number of nitrogens with one attached hydrogen (secondary N) is 1. The molecule has 17 heavy (non-hydrogen) atoms. The van der Waals surface area contributed by atoms with E-state index in [0.717, 1.165) is 0 Å². The Morgan fingerprint density at radius 3 is 2.71 bits per heavy atom. The normalized spacial score (nSPS) is 24.8. The highest BCUT2D eigenvalue weighted by Gasteiger charge is 2.46. The first-order valence-corrected chi connectivity index (χ1v) is 6.97. The highest BCUT2D eigenvalue weighted by atomic mass is 35.5. The topological polar surface area (TPSA) is 64.6 Å². The molecule has 7 heteroatoms. The second-order valence-corrected chi connectivity index (χ2v) is 6.09. The average molecular weight is 276 g/mol. The van der Waals surface area contributed by atoms with Gasteiger partial charge < -0.3 is 9.47 Å². The molecule has 0 unspecified atom stereocenters. The lowest BCUT2D eigenvalue weighted by atomic mass is 10.1. The largest absolute Gasteiger partial charge is 0.342 e. The minimum Gasteiger partial charge on any atom is -0.342 e. The number of hydrogen-bond donors (Lipinski definition) is 1. The number of sulfonamides is 1. The Morgan fingerprint density at radius 1 is 1.29 bits per heavy atom. The molecule has 0 amide bonds. The number of benzene rings is 1. The maximum absolute atomic E-state index is 11.9. The predicted octanol–water partition coefficient (Wildman–Crippen LogP) is 0.832. The van der Waals surface area contributed by atoms with E-state index in [4.69, 9.17) is 21.1 Å². The van der Waals surface area contributed by atoms with Gasteiger partial charge in [-0.2, -0.15) is 0 Å². The van der Waals surface area contributed by atoms with Crippen LogP contribution in [0.4, 0.5) is 0 Å². The van der Waals surface area contributed by atoms with Crippen molar-refractivity contribution in [2.45, 2.75) is 10.7 Å². The van der Waals surface area contributed by atoms with Gasteiger partial charge in [0.25, 0.3) is 0 Å². The second-order valence-electron chi connectivity index (χ2n) is 3.91. The minimum absolute atomic E-state index is 0.0873. The summed E-state index contributed by atoms with van der Waals surface area (Å²) in [4.78, 5) is 0.123. The van der Waals surface area contributed by atoms with Gasteiger partial charge in [0.2, 0.25) is 15.8 Å². The molecule has 0 saturated carbocycles. The van der Waals surface area contributed by atoms with E-state index < -0.39 is 15.8 Å². The van der Waals surface area contributed by atoms with Gasteiger partial charge in [-0.1, -0.05) is 17.7 Å². The van der Waals surface area contributed by atoms with E-state index in [1.807, 2.05) is 0 Å². The third kappa shape index (κ3) is 1.68. The van der Waals surface area contributed by atoms with E-state index in [0.29, 0.717) is 23.8 Å². The molecule has 1 N–H and O–H groups in total. The second kappa shape index (κ2) is 3.66. The first-order valence-electron chi connectivity index (χ1n) is 5.11. The summed E-state index contributed by atoms with van der Waals surface area (Å²) < 4.78 is 37.3. The molecule has 2 heterocycles. The zero-order valence-electron chi connectivity index (χ0n) is 8.77. The summed E-state index contributed by atoms with van der Waals surface area (Å²) >= 11 is 5.83. The average Bonchev–Trinajstić information content (AvgIpc) is 2.75. The molecule has 5 nitrogen and oxygen atoms in total. The van der Waals surface area contributed by atoms with Crippen LogP contribution in [0, 0.1) is 0 Å². The molecule has 2 aliphatic heterocycles. The summed E-state index contributed by atoms with van der Waals surface area (Å²) in [5, 5.41) is 0.365. The molecule has 1 aromatic carbocycles. The zero-order chi connectivity index (χ0) is 12.1. The van der Waals surface area contributed by atoms with Crippen molar-refractivity contribution in [3.05, 3.63) is 28.8 Å². The van der Waals surface area contributed by atoms with Crippen LogP contribution < -0.4 is 4.72 Å². The predicted molar refractivity (Wildman–Crippen MR) is 60.2 cm³/mol. The maximum Gasteiger partial charge on any atom is 0.241 e. The van der Waals surface area contributed by atoms with Crippen molar-refractivity contribution >= 4 is 21.6 Å². The standard InChI is InChI=1S/C10H10ClNO4S/c11-7-1-2-8-9(5-7)17(13,14)12-6-10(8)15-3-4-16-10/h1-2,5,12H,3-4,6H2. The number of fused-ring (bicyclic) bond motifs is 2. The van der Waals surface area contributed by atoms with E-state index >= 15 is 0 Å². The van der Waals surface area contributed by atoms with Crippen LogP contribution >= 0.6 is 11.6 Å². The Labute approximate surface area is 104 Å². The maximum atomic E-state index is 11.9. The highest BCUT2D eigenvalue weighted by molar-refractivity contribution is 7.89. The van der Waals surface area contributed by atoms with Crippen molar-refractivity contribution in [2.24, 2.45) is 0 Å². The van der Waals surface area contributed by atoms with Crippen molar-refractivity contribution in [2.75, 3.05) is 19.8 Å². The number of rotatable bonds is 0. The quantitative estimate of drug-likeness (QED) is 0.762. The van der Waals surface area contributed by atoms with E-state index in [1.54, 1.807) is 12.1 Å². The van der Waals surface area contributed by atoms with Crippen molar-refractivity contribution in [3.8, 4) is 0 Å². The van der Waals surface area contributed by atoms with Crippen molar-refractivity contribution in [3.63, 3.8) is 0 Å². The van der Waals surface area contributed by atoms with E-state index in [-0.39, 0.29) is 11.4 Å². The van der Waals surface area contributed by atoms with Gasteiger partial charge >= 0.3 is 0 Å². The number of ether oxygens (including phenoxy) is 2. The summed E-state index contributed by atoms with van der Waals surface area (Å²) in [5.41, 5.74) is 0.512. The highest BCUT2D eigenvalue weighted by Crippen LogP contribution is 2.39. The fourth-order valence-corrected chi connectivity index (χ4v) is 3.68. The molecular weight excluding hydrogens is 266 g/mol. The van der Waals surface area contributed by atoms with Crippen molar-refractivity contribution in [1.29, 1.82) is 0 Å². The van der Waals surface area contributed by atoms with Crippen LogP contribution in [0.25, 0.3) is 0 Å². The van der Waals surface area contributed by atoms with Crippen LogP contribution in [0.15, 0.2) is 23.1 Å². The van der Waals surface area contributed by atoms with Crippen LogP contribution in [0.2, 0.25) is 5.02 Å². The molecule has 2 aliphatic rings. The van der Waals surface area contributed by atoms with Crippen LogP contribution in [-0.4, -0.2) is 28.2 Å². The summed E-state index contributed by atoms with van der Waals surface area (Å²) in [5.74, 6) is -0.995. The first-order chi connectivity index (χ1) is 8.04. The first kappa shape index (κ1) is 11.4. The molecular formula is C10H10ClNO4S. The number of halogens is 1.